The van der Waals surface area contributed by atoms with E-state index >= 15 is 0 Å². The molecular formula is C22H36IN7O. The number of pyridine rings is 1. The van der Waals surface area contributed by atoms with Gasteiger partial charge in [-0.05, 0) is 44.2 Å². The lowest BCUT2D eigenvalue weighted by atomic mass is 9.98. The summed E-state index contributed by atoms with van der Waals surface area (Å²) >= 11 is 0. The molecule has 1 fully saturated rings. The maximum atomic E-state index is 12.6. The molecule has 9 heteroatoms. The van der Waals surface area contributed by atoms with Gasteiger partial charge in [0.2, 0.25) is 5.91 Å². The van der Waals surface area contributed by atoms with E-state index in [1.54, 1.807) is 7.05 Å². The van der Waals surface area contributed by atoms with Gasteiger partial charge in [-0.25, -0.2) is 0 Å². The van der Waals surface area contributed by atoms with Crippen molar-refractivity contribution in [1.82, 2.24) is 30.1 Å². The van der Waals surface area contributed by atoms with Gasteiger partial charge in [0.15, 0.2) is 11.6 Å². The largest absolute Gasteiger partial charge is 0.356 e. The Balaban J connectivity index is 0.00000341. The molecule has 0 aromatic carbocycles. The molecule has 31 heavy (non-hydrogen) atoms. The van der Waals surface area contributed by atoms with E-state index in [-0.39, 0.29) is 29.9 Å². The number of rotatable bonds is 8. The number of carbonyl (C=O) groups excluding carboxylic acids is 1. The molecule has 1 aliphatic heterocycles. The van der Waals surface area contributed by atoms with Crippen LogP contribution < -0.4 is 10.6 Å². The number of amides is 1. The number of aryl methyl sites for hydroxylation is 1. The van der Waals surface area contributed by atoms with Gasteiger partial charge in [0.25, 0.3) is 0 Å². The molecule has 0 saturated carbocycles. The van der Waals surface area contributed by atoms with Gasteiger partial charge in [-0.2, -0.15) is 0 Å². The van der Waals surface area contributed by atoms with Gasteiger partial charge in [-0.15, -0.1) is 34.2 Å². The monoisotopic (exact) mass is 541 g/mol. The smallest absolute Gasteiger partial charge is 0.225 e. The first kappa shape index (κ1) is 25.4. The van der Waals surface area contributed by atoms with E-state index < -0.39 is 0 Å². The summed E-state index contributed by atoms with van der Waals surface area (Å²) in [6.45, 7) is 6.66. The van der Waals surface area contributed by atoms with Gasteiger partial charge in [-0.1, -0.05) is 19.9 Å². The third kappa shape index (κ3) is 6.78. The molecule has 3 heterocycles. The molecule has 1 amide bonds. The number of piperidine rings is 1. The predicted octanol–water partition coefficient (Wildman–Crippen LogP) is 2.87. The third-order valence-corrected chi connectivity index (χ3v) is 5.96. The minimum absolute atomic E-state index is 0. The third-order valence-electron chi connectivity index (χ3n) is 5.96. The summed E-state index contributed by atoms with van der Waals surface area (Å²) in [5.41, 5.74) is 0.881. The Morgan fingerprint density at radius 1 is 1.23 bits per heavy atom. The molecule has 1 saturated heterocycles. The van der Waals surface area contributed by atoms with E-state index in [9.17, 15) is 4.79 Å². The molecule has 172 valence electrons. The molecule has 8 nitrogen and oxygen atoms in total. The highest BCUT2D eigenvalue weighted by Gasteiger charge is 2.26. The van der Waals surface area contributed by atoms with E-state index in [0.29, 0.717) is 11.9 Å². The molecule has 2 N–H and O–H groups in total. The van der Waals surface area contributed by atoms with Crippen molar-refractivity contribution in [2.45, 2.75) is 58.4 Å². The van der Waals surface area contributed by atoms with Crippen molar-refractivity contribution < 1.29 is 4.79 Å². The fourth-order valence-electron chi connectivity index (χ4n) is 4.04. The quantitative estimate of drug-likeness (QED) is 0.232. The topological polar surface area (TPSA) is 86.9 Å². The van der Waals surface area contributed by atoms with Gasteiger partial charge >= 0.3 is 0 Å². The van der Waals surface area contributed by atoms with Crippen LogP contribution in [0.1, 0.15) is 51.8 Å². The van der Waals surface area contributed by atoms with Crippen molar-refractivity contribution in [2.75, 3.05) is 26.7 Å². The lowest BCUT2D eigenvalue weighted by molar-refractivity contribution is -0.136. The van der Waals surface area contributed by atoms with Gasteiger partial charge in [0.05, 0.1) is 0 Å². The van der Waals surface area contributed by atoms with Gasteiger partial charge in [-0.3, -0.25) is 14.2 Å². The van der Waals surface area contributed by atoms with Crippen LogP contribution in [0.25, 0.3) is 5.65 Å². The van der Waals surface area contributed by atoms with Crippen LogP contribution in [0, 0.1) is 5.92 Å². The van der Waals surface area contributed by atoms with Crippen LogP contribution in [0.4, 0.5) is 0 Å². The number of aliphatic imine (C=N–C) groups is 1. The van der Waals surface area contributed by atoms with Crippen LogP contribution in [-0.2, 0) is 11.2 Å². The number of aromatic nitrogens is 3. The first-order chi connectivity index (χ1) is 14.7. The highest BCUT2D eigenvalue weighted by Crippen LogP contribution is 2.17. The zero-order valence-electron chi connectivity index (χ0n) is 18.9. The molecule has 0 unspecified atom stereocenters. The molecule has 0 bridgehead atoms. The minimum atomic E-state index is 0. The standard InChI is InChI=1S/C22H35N7O.HI/c1-4-17(5-2)21(30)28-15-11-18(12-16-28)25-22(23-3)24-13-8-10-20-27-26-19-9-6-7-14-29(19)20;/h6-7,9,14,17-18H,4-5,8,10-13,15-16H2,1-3H3,(H2,23,24,25);1H. The Morgan fingerprint density at radius 2 is 1.97 bits per heavy atom. The van der Waals surface area contributed by atoms with Crippen molar-refractivity contribution >= 4 is 41.5 Å². The number of fused-ring (bicyclic) bond motifs is 1. The molecule has 2 aromatic rings. The Hall–Kier alpha value is -1.91. The SMILES string of the molecule is CCC(CC)C(=O)N1CCC(NC(=NC)NCCCc2nnc3ccccn23)CC1.I. The zero-order chi connectivity index (χ0) is 21.3. The summed E-state index contributed by atoms with van der Waals surface area (Å²) in [5, 5.41) is 15.4. The van der Waals surface area contributed by atoms with Gasteiger partial charge in [0, 0.05) is 51.3 Å². The van der Waals surface area contributed by atoms with Crippen LogP contribution in [0.3, 0.4) is 0 Å². The van der Waals surface area contributed by atoms with Crippen LogP contribution in [0.2, 0.25) is 0 Å². The van der Waals surface area contributed by atoms with E-state index in [0.717, 1.165) is 75.6 Å². The van der Waals surface area contributed by atoms with E-state index in [1.165, 1.54) is 0 Å². The van der Waals surface area contributed by atoms with Crippen molar-refractivity contribution in [1.29, 1.82) is 0 Å². The Kier molecular flexibility index (Phi) is 10.5. The predicted molar refractivity (Wildman–Crippen MR) is 135 cm³/mol. The Morgan fingerprint density at radius 3 is 2.65 bits per heavy atom. The summed E-state index contributed by atoms with van der Waals surface area (Å²) in [6, 6.07) is 6.27. The number of nitrogens with one attached hydrogen (secondary N) is 2. The van der Waals surface area contributed by atoms with Crippen molar-refractivity contribution in [3.05, 3.63) is 30.2 Å². The maximum absolute atomic E-state index is 12.6. The normalized spacial score (nSPS) is 15.2. The second kappa shape index (κ2) is 12.8. The lowest BCUT2D eigenvalue weighted by Crippen LogP contribution is -2.50. The van der Waals surface area contributed by atoms with Crippen LogP contribution in [0.5, 0.6) is 0 Å². The number of carbonyl (C=O) groups is 1. The number of hydrogen-bond donors (Lipinski definition) is 2. The molecule has 0 aliphatic carbocycles. The Labute approximate surface area is 202 Å². The first-order valence-corrected chi connectivity index (χ1v) is 11.2. The molecule has 0 atom stereocenters. The fraction of sp³-hybridized carbons (Fsp3) is 0.636. The number of guanidine groups is 1. The van der Waals surface area contributed by atoms with Crippen molar-refractivity contribution in [3.63, 3.8) is 0 Å². The maximum Gasteiger partial charge on any atom is 0.225 e. The average molecular weight is 541 g/mol. The molecule has 1 aliphatic rings. The Bertz CT molecular complexity index is 841. The second-order valence-electron chi connectivity index (χ2n) is 7.90. The van der Waals surface area contributed by atoms with Gasteiger partial charge in [0.1, 0.15) is 5.82 Å². The van der Waals surface area contributed by atoms with Crippen LogP contribution in [-0.4, -0.2) is 64.1 Å². The lowest BCUT2D eigenvalue weighted by Gasteiger charge is -2.34. The zero-order valence-corrected chi connectivity index (χ0v) is 21.2. The summed E-state index contributed by atoms with van der Waals surface area (Å²) in [5.74, 6) is 2.30. The number of likely N-dealkylation sites (tertiary alicyclic amines) is 1. The highest BCUT2D eigenvalue weighted by atomic mass is 127. The second-order valence-corrected chi connectivity index (χ2v) is 7.90. The molecule has 0 radical (unpaired) electrons. The summed E-state index contributed by atoms with van der Waals surface area (Å²) < 4.78 is 2.03. The average Bonchev–Trinajstić information content (AvgIpc) is 3.20. The van der Waals surface area contributed by atoms with Crippen molar-refractivity contribution in [2.24, 2.45) is 10.9 Å². The fourth-order valence-corrected chi connectivity index (χ4v) is 4.04. The highest BCUT2D eigenvalue weighted by molar-refractivity contribution is 14.0. The number of hydrogen-bond acceptors (Lipinski definition) is 4. The van der Waals surface area contributed by atoms with Crippen LogP contribution >= 0.6 is 24.0 Å². The number of nitrogens with zero attached hydrogens (tertiary/aromatic N) is 5. The molecule has 2 aromatic heterocycles. The molecule has 3 rings (SSSR count). The summed E-state index contributed by atoms with van der Waals surface area (Å²) in [7, 11) is 1.80. The van der Waals surface area contributed by atoms with Gasteiger partial charge < -0.3 is 15.5 Å². The number of halogens is 1. The van der Waals surface area contributed by atoms with Crippen molar-refractivity contribution in [3.8, 4) is 0 Å². The minimum Gasteiger partial charge on any atom is -0.356 e. The van der Waals surface area contributed by atoms with E-state index in [1.807, 2.05) is 33.7 Å². The molecular weight excluding hydrogens is 505 g/mol. The van der Waals surface area contributed by atoms with Crippen LogP contribution in [0.15, 0.2) is 29.4 Å². The van der Waals surface area contributed by atoms with E-state index in [4.69, 9.17) is 0 Å². The van der Waals surface area contributed by atoms with E-state index in [2.05, 4.69) is 39.7 Å². The summed E-state index contributed by atoms with van der Waals surface area (Å²) in [4.78, 5) is 19.0. The molecule has 0 spiro atoms. The first-order valence-electron chi connectivity index (χ1n) is 11.2. The summed E-state index contributed by atoms with van der Waals surface area (Å²) in [6.07, 6.45) is 7.56.